The molecule has 1 aliphatic heterocycles. The van der Waals surface area contributed by atoms with E-state index in [-0.39, 0.29) is 0 Å². The first-order chi connectivity index (χ1) is 9.03. The van der Waals surface area contributed by atoms with E-state index in [4.69, 9.17) is 15.6 Å². The summed E-state index contributed by atoms with van der Waals surface area (Å²) in [4.78, 5) is 13.2. The number of aliphatic carboxylic acids is 1. The van der Waals surface area contributed by atoms with Crippen LogP contribution < -0.4 is 10.5 Å². The summed E-state index contributed by atoms with van der Waals surface area (Å²) in [5.41, 5.74) is 5.87. The van der Waals surface area contributed by atoms with Gasteiger partial charge in [-0.05, 0) is 31.0 Å². The second-order valence-electron chi connectivity index (χ2n) is 5.00. The Hall–Kier alpha value is -1.59. The number of hydrogen-bond donors (Lipinski definition) is 2. The van der Waals surface area contributed by atoms with Crippen molar-refractivity contribution < 1.29 is 14.6 Å². The fraction of sp³-hybridized carbons (Fsp3) is 0.500. The predicted molar refractivity (Wildman–Crippen MR) is 72.1 cm³/mol. The lowest BCUT2D eigenvalue weighted by molar-refractivity contribution is -0.142. The van der Waals surface area contributed by atoms with E-state index in [9.17, 15) is 4.79 Å². The van der Waals surface area contributed by atoms with Crippen molar-refractivity contribution in [2.75, 3.05) is 19.7 Å². The van der Waals surface area contributed by atoms with Crippen LogP contribution in [0.15, 0.2) is 24.3 Å². The second-order valence-corrected chi connectivity index (χ2v) is 5.00. The van der Waals surface area contributed by atoms with E-state index in [1.807, 2.05) is 31.2 Å². The van der Waals surface area contributed by atoms with E-state index in [0.29, 0.717) is 32.7 Å². The van der Waals surface area contributed by atoms with E-state index in [1.165, 1.54) is 0 Å². The first kappa shape index (κ1) is 13.8. The van der Waals surface area contributed by atoms with Crippen LogP contribution in [0.4, 0.5) is 0 Å². The molecule has 0 spiro atoms. The average molecular weight is 264 g/mol. The lowest BCUT2D eigenvalue weighted by Gasteiger charge is -2.20. The van der Waals surface area contributed by atoms with Gasteiger partial charge in [0.25, 0.3) is 0 Å². The predicted octanol–water partition coefficient (Wildman–Crippen LogP) is 1.07. The Kier molecular flexibility index (Phi) is 4.07. The highest BCUT2D eigenvalue weighted by Gasteiger charge is 2.40. The third-order valence-corrected chi connectivity index (χ3v) is 3.42. The Morgan fingerprint density at radius 3 is 3.00 bits per heavy atom. The molecule has 19 heavy (non-hydrogen) atoms. The van der Waals surface area contributed by atoms with Crippen LogP contribution in [-0.4, -0.2) is 41.2 Å². The third kappa shape index (κ3) is 3.24. The summed E-state index contributed by atoms with van der Waals surface area (Å²) in [5, 5.41) is 9.10. The molecule has 1 fully saturated rings. The van der Waals surface area contributed by atoms with Gasteiger partial charge in [0.15, 0.2) is 0 Å². The minimum atomic E-state index is -1.10. The molecule has 1 aromatic rings. The van der Waals surface area contributed by atoms with Crippen molar-refractivity contribution >= 4 is 5.97 Å². The van der Waals surface area contributed by atoms with Crippen molar-refractivity contribution in [3.8, 4) is 5.75 Å². The molecule has 0 bridgehead atoms. The molecule has 3 N–H and O–H groups in total. The lowest BCUT2D eigenvalue weighted by atomic mass is 10.0. The molecule has 5 nitrogen and oxygen atoms in total. The first-order valence-corrected chi connectivity index (χ1v) is 6.50. The minimum absolute atomic E-state index is 0.390. The fourth-order valence-electron chi connectivity index (χ4n) is 2.38. The van der Waals surface area contributed by atoms with Crippen molar-refractivity contribution in [1.29, 1.82) is 0 Å². The minimum Gasteiger partial charge on any atom is -0.494 e. The monoisotopic (exact) mass is 264 g/mol. The molecular formula is C14H20N2O3. The van der Waals surface area contributed by atoms with Gasteiger partial charge in [0.05, 0.1) is 6.61 Å². The quantitative estimate of drug-likeness (QED) is 0.832. The molecule has 0 amide bonds. The Balaban J connectivity index is 1.99. The van der Waals surface area contributed by atoms with Crippen LogP contribution in [0.3, 0.4) is 0 Å². The summed E-state index contributed by atoms with van der Waals surface area (Å²) in [7, 11) is 0. The number of rotatable bonds is 5. The number of carbonyl (C=O) groups is 1. The molecule has 1 aliphatic rings. The van der Waals surface area contributed by atoms with Crippen molar-refractivity contribution in [3.05, 3.63) is 29.8 Å². The van der Waals surface area contributed by atoms with E-state index in [0.717, 1.165) is 11.3 Å². The van der Waals surface area contributed by atoms with Crippen molar-refractivity contribution in [3.63, 3.8) is 0 Å². The zero-order chi connectivity index (χ0) is 13.9. The van der Waals surface area contributed by atoms with E-state index < -0.39 is 11.5 Å². The third-order valence-electron chi connectivity index (χ3n) is 3.42. The Morgan fingerprint density at radius 2 is 2.37 bits per heavy atom. The molecule has 1 aromatic carbocycles. The highest BCUT2D eigenvalue weighted by atomic mass is 16.5. The number of likely N-dealkylation sites (tertiary alicyclic amines) is 1. The number of hydrogen-bond acceptors (Lipinski definition) is 4. The van der Waals surface area contributed by atoms with Crippen molar-refractivity contribution in [2.24, 2.45) is 5.73 Å². The van der Waals surface area contributed by atoms with Gasteiger partial charge in [-0.1, -0.05) is 12.1 Å². The molecule has 0 aromatic heterocycles. The zero-order valence-corrected chi connectivity index (χ0v) is 11.1. The van der Waals surface area contributed by atoms with E-state index in [2.05, 4.69) is 4.90 Å². The maximum absolute atomic E-state index is 11.1. The van der Waals surface area contributed by atoms with Crippen LogP contribution in [0.5, 0.6) is 5.75 Å². The van der Waals surface area contributed by atoms with Gasteiger partial charge in [-0.15, -0.1) is 0 Å². The van der Waals surface area contributed by atoms with Crippen molar-refractivity contribution in [2.45, 2.75) is 25.4 Å². The van der Waals surface area contributed by atoms with Crippen LogP contribution in [0.25, 0.3) is 0 Å². The molecule has 104 valence electrons. The highest BCUT2D eigenvalue weighted by molar-refractivity contribution is 5.79. The van der Waals surface area contributed by atoms with E-state index >= 15 is 0 Å². The van der Waals surface area contributed by atoms with Crippen LogP contribution in [0, 0.1) is 0 Å². The molecule has 1 heterocycles. The Bertz CT molecular complexity index is 464. The Morgan fingerprint density at radius 1 is 1.58 bits per heavy atom. The number of carboxylic acids is 1. The fourth-order valence-corrected chi connectivity index (χ4v) is 2.38. The van der Waals surface area contributed by atoms with Gasteiger partial charge in [0.2, 0.25) is 0 Å². The molecule has 0 saturated carbocycles. The molecule has 2 rings (SSSR count). The number of nitrogens with two attached hydrogens (primary N) is 1. The topological polar surface area (TPSA) is 75.8 Å². The molecule has 5 heteroatoms. The van der Waals surface area contributed by atoms with Crippen LogP contribution in [0.1, 0.15) is 18.9 Å². The van der Waals surface area contributed by atoms with Gasteiger partial charge < -0.3 is 15.6 Å². The molecule has 1 unspecified atom stereocenters. The van der Waals surface area contributed by atoms with Gasteiger partial charge in [-0.25, -0.2) is 0 Å². The van der Waals surface area contributed by atoms with Crippen LogP contribution in [0.2, 0.25) is 0 Å². The largest absolute Gasteiger partial charge is 0.494 e. The maximum atomic E-state index is 11.1. The van der Waals surface area contributed by atoms with Gasteiger partial charge in [0, 0.05) is 19.6 Å². The summed E-state index contributed by atoms with van der Waals surface area (Å²) >= 11 is 0. The van der Waals surface area contributed by atoms with Crippen LogP contribution >= 0.6 is 0 Å². The molecule has 0 radical (unpaired) electrons. The average Bonchev–Trinajstić information content (AvgIpc) is 2.73. The smallest absolute Gasteiger partial charge is 0.325 e. The number of benzene rings is 1. The number of nitrogens with zero attached hydrogens (tertiary/aromatic N) is 1. The normalized spacial score (nSPS) is 23.5. The molecule has 0 aliphatic carbocycles. The van der Waals surface area contributed by atoms with Gasteiger partial charge >= 0.3 is 5.97 Å². The molecule has 1 atom stereocenters. The summed E-state index contributed by atoms with van der Waals surface area (Å²) in [5.74, 6) is -0.0745. The highest BCUT2D eigenvalue weighted by Crippen LogP contribution is 2.22. The molecule has 1 saturated heterocycles. The number of carboxylic acid groups (broad SMARTS) is 1. The number of ether oxygens (including phenoxy) is 1. The Labute approximate surface area is 113 Å². The zero-order valence-electron chi connectivity index (χ0n) is 11.1. The van der Waals surface area contributed by atoms with E-state index in [1.54, 1.807) is 0 Å². The SMILES string of the molecule is CCOc1cccc(CN2CCC(N)(C(=O)O)C2)c1. The molecular weight excluding hydrogens is 244 g/mol. The maximum Gasteiger partial charge on any atom is 0.325 e. The standard InChI is InChI=1S/C14H20N2O3/c1-2-19-12-5-3-4-11(8-12)9-16-7-6-14(15,10-16)13(17)18/h3-5,8H,2,6-7,9-10,15H2,1H3,(H,17,18). The summed E-state index contributed by atoms with van der Waals surface area (Å²) in [6.45, 7) is 4.39. The first-order valence-electron chi connectivity index (χ1n) is 6.50. The summed E-state index contributed by atoms with van der Waals surface area (Å²) in [6.07, 6.45) is 0.494. The second kappa shape index (κ2) is 5.59. The van der Waals surface area contributed by atoms with Gasteiger partial charge in [-0.3, -0.25) is 9.69 Å². The van der Waals surface area contributed by atoms with Crippen molar-refractivity contribution in [1.82, 2.24) is 4.90 Å². The summed E-state index contributed by atoms with van der Waals surface area (Å²) in [6, 6.07) is 7.87. The van der Waals surface area contributed by atoms with Crippen LogP contribution in [-0.2, 0) is 11.3 Å². The lowest BCUT2D eigenvalue weighted by Crippen LogP contribution is -2.50. The van der Waals surface area contributed by atoms with Gasteiger partial charge in [-0.2, -0.15) is 0 Å². The summed E-state index contributed by atoms with van der Waals surface area (Å²) < 4.78 is 5.45. The van der Waals surface area contributed by atoms with Gasteiger partial charge in [0.1, 0.15) is 11.3 Å².